The Kier molecular flexibility index (Phi) is 8.17. The molecule has 0 saturated heterocycles. The monoisotopic (exact) mass is 527 g/mol. The second-order valence-electron chi connectivity index (χ2n) is 8.74. The first kappa shape index (κ1) is 26.4. The van der Waals surface area contributed by atoms with Crippen LogP contribution in [0.2, 0.25) is 0 Å². The quantitative estimate of drug-likeness (QED) is 0.337. The molecule has 1 aliphatic heterocycles. The third-order valence-corrected chi connectivity index (χ3v) is 7.82. The lowest BCUT2D eigenvalue weighted by atomic mass is 10.1. The van der Waals surface area contributed by atoms with Crippen molar-refractivity contribution in [3.63, 3.8) is 0 Å². The minimum Gasteiger partial charge on any atom is -0.779 e. The fraction of sp³-hybridized carbons (Fsp3) is 0.308. The van der Waals surface area contributed by atoms with Crippen molar-refractivity contribution in [2.75, 3.05) is 32.3 Å². The van der Waals surface area contributed by atoms with Crippen molar-refractivity contribution in [2.24, 2.45) is 0 Å². The average molecular weight is 528 g/mol. The standard InChI is InChI=1S/C26H30N3O5PS/c1-18(34-35(4,31)32)21(17-33-3)27-25(30)16-29-14-13-19(20-9-5-6-10-22(20)29)15-26-28(2)23-11-7-8-12-24(23)36-26/h5-15,18,21H,16-17H2,1-4H3,(H-,27,30,31,32). The molecule has 36 heavy (non-hydrogen) atoms. The molecule has 8 nitrogen and oxygen atoms in total. The molecule has 3 unspecified atom stereocenters. The van der Waals surface area contributed by atoms with Gasteiger partial charge in [0.25, 0.3) is 5.91 Å². The number of carbonyl (C=O) groups is 1. The number of para-hydroxylation sites is 2. The van der Waals surface area contributed by atoms with E-state index in [0.717, 1.165) is 28.2 Å². The average Bonchev–Trinajstić information content (AvgIpc) is 3.14. The number of amides is 1. The predicted molar refractivity (Wildman–Crippen MR) is 141 cm³/mol. The van der Waals surface area contributed by atoms with E-state index in [1.807, 2.05) is 53.2 Å². The number of nitrogens with one attached hydrogen (secondary N) is 1. The zero-order valence-electron chi connectivity index (χ0n) is 20.7. The van der Waals surface area contributed by atoms with Crippen molar-refractivity contribution < 1.29 is 28.1 Å². The van der Waals surface area contributed by atoms with Gasteiger partial charge in [-0.1, -0.05) is 36.0 Å². The van der Waals surface area contributed by atoms with E-state index >= 15 is 0 Å². The predicted octanol–water partition coefficient (Wildman–Crippen LogP) is 3.39. The number of hydrogen-bond acceptors (Lipinski definition) is 7. The molecule has 190 valence electrons. The molecule has 3 aromatic rings. The molecule has 2 heterocycles. The van der Waals surface area contributed by atoms with Gasteiger partial charge in [-0.25, -0.2) is 0 Å². The van der Waals surface area contributed by atoms with E-state index in [1.165, 1.54) is 17.7 Å². The van der Waals surface area contributed by atoms with E-state index in [1.54, 1.807) is 18.7 Å². The van der Waals surface area contributed by atoms with Crippen LogP contribution in [0.1, 0.15) is 12.5 Å². The van der Waals surface area contributed by atoms with Gasteiger partial charge < -0.3 is 28.9 Å². The Morgan fingerprint density at radius 3 is 2.67 bits per heavy atom. The minimum atomic E-state index is -3.96. The third-order valence-electron chi connectivity index (χ3n) is 5.94. The molecule has 1 aromatic heterocycles. The van der Waals surface area contributed by atoms with Gasteiger partial charge in [0.2, 0.25) is 12.1 Å². The number of benzene rings is 2. The van der Waals surface area contributed by atoms with E-state index in [-0.39, 0.29) is 19.1 Å². The van der Waals surface area contributed by atoms with Gasteiger partial charge in [0, 0.05) is 37.9 Å². The summed E-state index contributed by atoms with van der Waals surface area (Å²) < 4.78 is 23.7. The van der Waals surface area contributed by atoms with Gasteiger partial charge in [0.1, 0.15) is 7.60 Å². The third kappa shape index (κ3) is 6.17. The van der Waals surface area contributed by atoms with Crippen LogP contribution in [0.25, 0.3) is 17.0 Å². The summed E-state index contributed by atoms with van der Waals surface area (Å²) >= 11 is 1.73. The summed E-state index contributed by atoms with van der Waals surface area (Å²) in [5.41, 5.74) is 3.15. The smallest absolute Gasteiger partial charge is 0.286 e. The number of hydrogen-bond donors (Lipinski definition) is 1. The van der Waals surface area contributed by atoms with Gasteiger partial charge in [0.15, 0.2) is 6.20 Å². The van der Waals surface area contributed by atoms with Crippen molar-refractivity contribution in [1.29, 1.82) is 0 Å². The maximum atomic E-state index is 12.9. The molecule has 1 aliphatic rings. The highest BCUT2D eigenvalue weighted by Gasteiger charge is 2.25. The lowest BCUT2D eigenvalue weighted by molar-refractivity contribution is -0.658. The van der Waals surface area contributed by atoms with Gasteiger partial charge in [-0.2, -0.15) is 4.57 Å². The van der Waals surface area contributed by atoms with Gasteiger partial charge in [-0.05, 0) is 36.8 Å². The highest BCUT2D eigenvalue weighted by atomic mass is 32.2. The largest absolute Gasteiger partial charge is 0.779 e. The first-order valence-electron chi connectivity index (χ1n) is 11.5. The number of aromatic nitrogens is 1. The molecule has 2 aromatic carbocycles. The van der Waals surface area contributed by atoms with E-state index in [0.29, 0.717) is 0 Å². The highest BCUT2D eigenvalue weighted by molar-refractivity contribution is 8.03. The van der Waals surface area contributed by atoms with Crippen LogP contribution in [-0.4, -0.2) is 45.5 Å². The van der Waals surface area contributed by atoms with E-state index in [9.17, 15) is 14.3 Å². The number of ether oxygens (including phenoxy) is 1. The zero-order chi connectivity index (χ0) is 25.9. The number of pyridine rings is 1. The molecule has 10 heteroatoms. The fourth-order valence-corrected chi connectivity index (χ4v) is 6.06. The summed E-state index contributed by atoms with van der Waals surface area (Å²) in [5.74, 6) is -0.271. The number of anilines is 1. The summed E-state index contributed by atoms with van der Waals surface area (Å²) in [5, 5.41) is 5.00. The van der Waals surface area contributed by atoms with Crippen LogP contribution in [0.5, 0.6) is 0 Å². The lowest BCUT2D eigenvalue weighted by Gasteiger charge is -2.29. The number of carbonyl (C=O) groups excluding carboxylic acids is 1. The fourth-order valence-electron chi connectivity index (χ4n) is 4.21. The maximum Gasteiger partial charge on any atom is 0.286 e. The Balaban J connectivity index is 1.56. The summed E-state index contributed by atoms with van der Waals surface area (Å²) in [4.78, 5) is 27.9. The van der Waals surface area contributed by atoms with E-state index in [4.69, 9.17) is 9.26 Å². The van der Waals surface area contributed by atoms with E-state index in [2.05, 4.69) is 35.5 Å². The van der Waals surface area contributed by atoms with Gasteiger partial charge >= 0.3 is 0 Å². The summed E-state index contributed by atoms with van der Waals surface area (Å²) in [6, 6.07) is 17.6. The summed E-state index contributed by atoms with van der Waals surface area (Å²) in [7, 11) is -0.406. The molecule has 0 spiro atoms. The van der Waals surface area contributed by atoms with Crippen molar-refractivity contribution in [2.45, 2.75) is 30.5 Å². The van der Waals surface area contributed by atoms with Crippen LogP contribution >= 0.6 is 19.4 Å². The first-order valence-corrected chi connectivity index (χ1v) is 14.4. The Morgan fingerprint density at radius 1 is 1.22 bits per heavy atom. The molecule has 0 radical (unpaired) electrons. The minimum absolute atomic E-state index is 0.0611. The van der Waals surface area contributed by atoms with Crippen molar-refractivity contribution >= 4 is 47.9 Å². The highest BCUT2D eigenvalue weighted by Crippen LogP contribution is 2.45. The van der Waals surface area contributed by atoms with Crippen LogP contribution in [-0.2, 0) is 25.2 Å². The van der Waals surface area contributed by atoms with Gasteiger partial charge in [0.05, 0.1) is 34.9 Å². The normalized spacial score (nSPS) is 17.6. The van der Waals surface area contributed by atoms with Crippen molar-refractivity contribution in [3.05, 3.63) is 71.4 Å². The molecule has 4 rings (SSSR count). The summed E-state index contributed by atoms with van der Waals surface area (Å²) in [6.07, 6.45) is 3.30. The van der Waals surface area contributed by atoms with Gasteiger partial charge in [-0.15, -0.1) is 0 Å². The van der Waals surface area contributed by atoms with Crippen LogP contribution in [0.4, 0.5) is 5.69 Å². The van der Waals surface area contributed by atoms with Crippen LogP contribution < -0.4 is 19.7 Å². The Hall–Kier alpha value is -2.68. The number of nitrogens with zero attached hydrogens (tertiary/aromatic N) is 2. The number of fused-ring (bicyclic) bond motifs is 2. The number of thioether (sulfide) groups is 1. The molecule has 0 aliphatic carbocycles. The Labute approximate surface area is 215 Å². The van der Waals surface area contributed by atoms with Crippen LogP contribution in [0.3, 0.4) is 0 Å². The Bertz CT molecular complexity index is 1340. The number of methoxy groups -OCH3 is 1. The second-order valence-corrected chi connectivity index (χ2v) is 11.6. The first-order chi connectivity index (χ1) is 17.2. The SMILES string of the molecule is COCC(NC(=O)C[n+]1ccc(/C=C2\Sc3ccccc3N2C)c2ccccc21)C(C)OP(C)(=O)[O-]. The molecule has 1 amide bonds. The molecule has 3 atom stereocenters. The lowest BCUT2D eigenvalue weighted by Crippen LogP contribution is -2.51. The maximum absolute atomic E-state index is 12.9. The topological polar surface area (TPSA) is 94.8 Å². The van der Waals surface area contributed by atoms with Crippen LogP contribution in [0, 0.1) is 0 Å². The summed E-state index contributed by atoms with van der Waals surface area (Å²) in [6.45, 7) is 2.79. The molecule has 0 saturated carbocycles. The van der Waals surface area contributed by atoms with Crippen LogP contribution in [0.15, 0.2) is 70.7 Å². The zero-order valence-corrected chi connectivity index (χ0v) is 22.4. The van der Waals surface area contributed by atoms with Gasteiger partial charge in [-0.3, -0.25) is 4.79 Å². The second kappa shape index (κ2) is 11.2. The Morgan fingerprint density at radius 2 is 1.94 bits per heavy atom. The molecule has 0 bridgehead atoms. The molecular formula is C26H30N3O5PS. The van der Waals surface area contributed by atoms with E-state index < -0.39 is 19.7 Å². The molecular weight excluding hydrogens is 497 g/mol. The molecule has 0 fully saturated rings. The molecule has 1 N–H and O–H groups in total. The number of rotatable bonds is 9. The van der Waals surface area contributed by atoms with Crippen molar-refractivity contribution in [1.82, 2.24) is 5.32 Å². The van der Waals surface area contributed by atoms with Crippen molar-refractivity contribution in [3.8, 4) is 0 Å².